The minimum Gasteiger partial charge on any atom is -0.352 e. The molecular weight excluding hydrogens is 336 g/mol. The van der Waals surface area contributed by atoms with Gasteiger partial charge in [-0.05, 0) is 36.6 Å². The summed E-state index contributed by atoms with van der Waals surface area (Å²) in [5, 5.41) is 13.5. The second kappa shape index (κ2) is 7.20. The van der Waals surface area contributed by atoms with Crippen molar-refractivity contribution in [1.82, 2.24) is 19.7 Å². The average Bonchev–Trinajstić information content (AvgIpc) is 3.16. The van der Waals surface area contributed by atoms with Crippen molar-refractivity contribution in [3.63, 3.8) is 0 Å². The van der Waals surface area contributed by atoms with Crippen LogP contribution in [0.15, 0.2) is 36.9 Å². The van der Waals surface area contributed by atoms with Gasteiger partial charge in [-0.25, -0.2) is 4.98 Å². The van der Waals surface area contributed by atoms with Gasteiger partial charge in [0.2, 0.25) is 0 Å². The van der Waals surface area contributed by atoms with Crippen LogP contribution in [0.4, 0.5) is 5.82 Å². The summed E-state index contributed by atoms with van der Waals surface area (Å²) >= 11 is 0. The predicted molar refractivity (Wildman–Crippen MR) is 104 cm³/mol. The van der Waals surface area contributed by atoms with E-state index >= 15 is 0 Å². The molecule has 4 heterocycles. The lowest BCUT2D eigenvalue weighted by Gasteiger charge is -2.30. The van der Waals surface area contributed by atoms with E-state index < -0.39 is 0 Å². The molecule has 3 aromatic heterocycles. The number of hydrogen-bond acceptors (Lipinski definition) is 5. The summed E-state index contributed by atoms with van der Waals surface area (Å²) in [6.45, 7) is 6.74. The lowest BCUT2D eigenvalue weighted by atomic mass is 10.0. The molecule has 1 aliphatic rings. The van der Waals surface area contributed by atoms with Gasteiger partial charge in [-0.2, -0.15) is 10.4 Å². The van der Waals surface area contributed by atoms with Crippen molar-refractivity contribution < 1.29 is 0 Å². The first-order valence-corrected chi connectivity index (χ1v) is 9.30. The lowest BCUT2D eigenvalue weighted by molar-refractivity contribution is 0.603. The molecule has 0 spiro atoms. The third-order valence-electron chi connectivity index (χ3n) is 4.94. The van der Waals surface area contributed by atoms with Gasteiger partial charge in [0.1, 0.15) is 11.9 Å². The maximum absolute atomic E-state index is 9.05. The van der Waals surface area contributed by atoms with Crippen LogP contribution >= 0.6 is 0 Å². The van der Waals surface area contributed by atoms with Gasteiger partial charge < -0.3 is 4.90 Å². The number of aryl methyl sites for hydroxylation is 2. The highest BCUT2D eigenvalue weighted by Gasteiger charge is 2.21. The highest BCUT2D eigenvalue weighted by Crippen LogP contribution is 2.28. The number of fused-ring (bicyclic) bond motifs is 1. The minimum absolute atomic E-state index is 0.599. The third kappa shape index (κ3) is 3.41. The van der Waals surface area contributed by atoms with E-state index in [4.69, 9.17) is 10.2 Å². The van der Waals surface area contributed by atoms with Crippen LogP contribution in [0, 0.1) is 18.3 Å². The fraction of sp³-hybridized carbons (Fsp3) is 0.333. The lowest BCUT2D eigenvalue weighted by Crippen LogP contribution is -2.32. The number of anilines is 1. The maximum atomic E-state index is 9.05. The first-order chi connectivity index (χ1) is 13.2. The first kappa shape index (κ1) is 17.2. The molecule has 0 amide bonds. The normalized spacial score (nSPS) is 13.3. The van der Waals surface area contributed by atoms with Gasteiger partial charge in [0.05, 0.1) is 11.8 Å². The van der Waals surface area contributed by atoms with E-state index in [2.05, 4.69) is 40.2 Å². The number of pyridine rings is 2. The van der Waals surface area contributed by atoms with Crippen LogP contribution in [0.2, 0.25) is 0 Å². The van der Waals surface area contributed by atoms with Crippen LogP contribution in [0.5, 0.6) is 0 Å². The van der Waals surface area contributed by atoms with Crippen molar-refractivity contribution in [2.75, 3.05) is 11.4 Å². The predicted octanol–water partition coefficient (Wildman–Crippen LogP) is 3.49. The Balaban J connectivity index is 1.61. The summed E-state index contributed by atoms with van der Waals surface area (Å²) in [4.78, 5) is 11.5. The molecule has 6 nitrogen and oxygen atoms in total. The third-order valence-corrected chi connectivity index (χ3v) is 4.94. The van der Waals surface area contributed by atoms with Crippen molar-refractivity contribution in [1.29, 1.82) is 5.26 Å². The Bertz CT molecular complexity index is 1010. The zero-order valence-corrected chi connectivity index (χ0v) is 15.7. The molecule has 6 heteroatoms. The molecule has 0 fully saturated rings. The fourth-order valence-electron chi connectivity index (χ4n) is 3.59. The minimum atomic E-state index is 0.599. The van der Waals surface area contributed by atoms with Crippen LogP contribution in [-0.2, 0) is 19.5 Å². The summed E-state index contributed by atoms with van der Waals surface area (Å²) in [5.41, 5.74) is 6.21. The van der Waals surface area contributed by atoms with Crippen molar-refractivity contribution in [2.45, 2.75) is 39.8 Å². The summed E-state index contributed by atoms with van der Waals surface area (Å²) in [7, 11) is 0. The zero-order chi connectivity index (χ0) is 18.8. The van der Waals surface area contributed by atoms with Crippen LogP contribution in [0.25, 0.3) is 11.1 Å². The van der Waals surface area contributed by atoms with Gasteiger partial charge in [-0.3, -0.25) is 9.67 Å². The molecule has 4 rings (SSSR count). The molecule has 0 atom stereocenters. The highest BCUT2D eigenvalue weighted by atomic mass is 15.3. The van der Waals surface area contributed by atoms with Crippen molar-refractivity contribution in [2.24, 2.45) is 0 Å². The van der Waals surface area contributed by atoms with E-state index in [0.717, 1.165) is 60.7 Å². The van der Waals surface area contributed by atoms with E-state index in [9.17, 15) is 0 Å². The molecule has 0 saturated heterocycles. The largest absolute Gasteiger partial charge is 0.352 e. The highest BCUT2D eigenvalue weighted by molar-refractivity contribution is 5.62. The number of rotatable bonds is 4. The molecule has 0 radical (unpaired) electrons. The monoisotopic (exact) mass is 358 g/mol. The molecule has 0 saturated carbocycles. The Kier molecular flexibility index (Phi) is 4.59. The van der Waals surface area contributed by atoms with Gasteiger partial charge in [-0.1, -0.05) is 6.92 Å². The Morgan fingerprint density at radius 2 is 2.04 bits per heavy atom. The van der Waals surface area contributed by atoms with Gasteiger partial charge in [0, 0.05) is 61.5 Å². The SMILES string of the molecule is CCCn1cc(-c2cnc3c(c2)CN(c2ncc(C#N)cc2C)CC3)cn1. The molecule has 136 valence electrons. The van der Waals surface area contributed by atoms with Crippen molar-refractivity contribution in [3.05, 3.63) is 59.3 Å². The molecule has 0 aliphatic carbocycles. The van der Waals surface area contributed by atoms with Crippen LogP contribution in [0.3, 0.4) is 0 Å². The first-order valence-electron chi connectivity index (χ1n) is 9.30. The molecule has 27 heavy (non-hydrogen) atoms. The molecular formula is C21H22N6. The second-order valence-corrected chi connectivity index (χ2v) is 6.97. The standard InChI is InChI=1S/C21H22N6/c1-3-5-27-14-19(12-25-27)17-8-18-13-26(6-4-20(18)23-11-17)21-15(2)7-16(9-22)10-24-21/h7-8,10-12,14H,3-6,13H2,1-2H3. The van der Waals surface area contributed by atoms with E-state index in [1.54, 1.807) is 6.20 Å². The van der Waals surface area contributed by atoms with Crippen molar-refractivity contribution in [3.8, 4) is 17.2 Å². The summed E-state index contributed by atoms with van der Waals surface area (Å²) in [5.74, 6) is 0.945. The van der Waals surface area contributed by atoms with Crippen molar-refractivity contribution >= 4 is 5.82 Å². The van der Waals surface area contributed by atoms with Gasteiger partial charge >= 0.3 is 0 Å². The van der Waals surface area contributed by atoms with Gasteiger partial charge in [0.25, 0.3) is 0 Å². The molecule has 0 unspecified atom stereocenters. The van der Waals surface area contributed by atoms with E-state index in [-0.39, 0.29) is 0 Å². The fourth-order valence-corrected chi connectivity index (χ4v) is 3.59. The zero-order valence-electron chi connectivity index (χ0n) is 15.7. The molecule has 3 aromatic rings. The van der Waals surface area contributed by atoms with Crippen LogP contribution in [0.1, 0.15) is 35.7 Å². The number of nitriles is 1. The number of aromatic nitrogens is 4. The summed E-state index contributed by atoms with van der Waals surface area (Å²) in [6.07, 6.45) is 9.55. The van der Waals surface area contributed by atoms with E-state index in [0.29, 0.717) is 5.56 Å². The number of nitrogens with zero attached hydrogens (tertiary/aromatic N) is 6. The maximum Gasteiger partial charge on any atom is 0.131 e. The van der Waals surface area contributed by atoms with Gasteiger partial charge in [0.15, 0.2) is 0 Å². The molecule has 0 N–H and O–H groups in total. The smallest absolute Gasteiger partial charge is 0.131 e. The Morgan fingerprint density at radius 1 is 1.15 bits per heavy atom. The second-order valence-electron chi connectivity index (χ2n) is 6.97. The summed E-state index contributed by atoms with van der Waals surface area (Å²) in [6, 6.07) is 6.27. The van der Waals surface area contributed by atoms with E-state index in [1.165, 1.54) is 5.56 Å². The Labute approximate surface area is 159 Å². The number of hydrogen-bond donors (Lipinski definition) is 0. The van der Waals surface area contributed by atoms with Crippen LogP contribution < -0.4 is 4.90 Å². The van der Waals surface area contributed by atoms with Crippen LogP contribution in [-0.4, -0.2) is 26.3 Å². The summed E-state index contributed by atoms with van der Waals surface area (Å²) < 4.78 is 1.98. The Morgan fingerprint density at radius 3 is 2.81 bits per heavy atom. The topological polar surface area (TPSA) is 70.6 Å². The molecule has 0 bridgehead atoms. The quantitative estimate of drug-likeness (QED) is 0.714. The van der Waals surface area contributed by atoms with E-state index in [1.807, 2.05) is 30.1 Å². The Hall–Kier alpha value is -3.20. The molecule has 0 aromatic carbocycles. The average molecular weight is 358 g/mol. The molecule has 1 aliphatic heterocycles. The van der Waals surface area contributed by atoms with Gasteiger partial charge in [-0.15, -0.1) is 0 Å².